The summed E-state index contributed by atoms with van der Waals surface area (Å²) in [5, 5.41) is 9.58. The van der Waals surface area contributed by atoms with E-state index in [1.165, 1.54) is 23.3 Å². The van der Waals surface area contributed by atoms with E-state index >= 15 is 0 Å². The molecule has 5 nitrogen and oxygen atoms in total. The molecule has 2 aromatic heterocycles. The molecule has 5 rings (SSSR count). The van der Waals surface area contributed by atoms with Gasteiger partial charge in [-0.1, -0.05) is 18.2 Å². The minimum Gasteiger partial charge on any atom is -0.328 e. The van der Waals surface area contributed by atoms with E-state index in [0.29, 0.717) is 23.5 Å². The highest BCUT2D eigenvalue weighted by Crippen LogP contribution is 2.44. The van der Waals surface area contributed by atoms with E-state index in [9.17, 15) is 9.18 Å². The Morgan fingerprint density at radius 2 is 2.15 bits per heavy atom. The fraction of sp³-hybridized carbons (Fsp3) is 0.211. The van der Waals surface area contributed by atoms with Crippen molar-refractivity contribution < 1.29 is 9.18 Å². The van der Waals surface area contributed by atoms with E-state index in [2.05, 4.69) is 21.5 Å². The van der Waals surface area contributed by atoms with Gasteiger partial charge in [0.25, 0.3) is 0 Å². The van der Waals surface area contributed by atoms with Gasteiger partial charge in [-0.3, -0.25) is 4.79 Å². The highest BCUT2D eigenvalue weighted by molar-refractivity contribution is 7.10. The summed E-state index contributed by atoms with van der Waals surface area (Å²) in [6.45, 7) is 0. The molecule has 1 N–H and O–H groups in total. The maximum Gasteiger partial charge on any atom is 0.226 e. The number of carbonyl (C=O) groups is 1. The molecule has 0 spiro atoms. The molecule has 2 aliphatic rings. The van der Waals surface area contributed by atoms with Crippen LogP contribution < -0.4 is 5.32 Å². The van der Waals surface area contributed by atoms with Crippen LogP contribution in [0.5, 0.6) is 0 Å². The molecule has 0 fully saturated rings. The van der Waals surface area contributed by atoms with Crippen LogP contribution in [0.2, 0.25) is 0 Å². The summed E-state index contributed by atoms with van der Waals surface area (Å²) in [6.07, 6.45) is 2.64. The molecule has 130 valence electrons. The highest BCUT2D eigenvalue weighted by atomic mass is 32.1. The number of anilines is 1. The number of thiophene rings is 1. The average Bonchev–Trinajstić information content (AvgIpc) is 3.31. The molecule has 0 bridgehead atoms. The Kier molecular flexibility index (Phi) is 3.49. The SMILES string of the molecule is O=C1C[C@H](c2cccs2)CC2=C1[C@@H](c1cccc(F)c1)n1ncnc1N2. The zero-order chi connectivity index (χ0) is 17.7. The number of allylic oxidation sites excluding steroid dienone is 2. The van der Waals surface area contributed by atoms with Crippen LogP contribution in [0.4, 0.5) is 10.3 Å². The first-order valence-corrected chi connectivity index (χ1v) is 9.30. The molecule has 0 saturated heterocycles. The van der Waals surface area contributed by atoms with Crippen molar-refractivity contribution in [1.82, 2.24) is 14.8 Å². The number of aromatic nitrogens is 3. The van der Waals surface area contributed by atoms with Crippen molar-refractivity contribution in [3.63, 3.8) is 0 Å². The summed E-state index contributed by atoms with van der Waals surface area (Å²) in [5.74, 6) is 0.492. The minimum atomic E-state index is -0.448. The van der Waals surface area contributed by atoms with Gasteiger partial charge < -0.3 is 5.32 Å². The van der Waals surface area contributed by atoms with Gasteiger partial charge in [-0.15, -0.1) is 11.3 Å². The van der Waals surface area contributed by atoms with Crippen LogP contribution in [0.25, 0.3) is 0 Å². The molecule has 1 aliphatic heterocycles. The van der Waals surface area contributed by atoms with Crippen molar-refractivity contribution in [3.05, 3.63) is 75.6 Å². The van der Waals surface area contributed by atoms with Gasteiger partial charge in [0, 0.05) is 28.5 Å². The first-order valence-electron chi connectivity index (χ1n) is 8.42. The van der Waals surface area contributed by atoms with Crippen molar-refractivity contribution in [2.24, 2.45) is 0 Å². The van der Waals surface area contributed by atoms with Gasteiger partial charge in [0.15, 0.2) is 5.78 Å². The fourth-order valence-electron chi connectivity index (χ4n) is 3.86. The third-order valence-corrected chi connectivity index (χ3v) is 6.01. The Morgan fingerprint density at radius 1 is 1.23 bits per heavy atom. The molecular formula is C19H15FN4OS. The second-order valence-electron chi connectivity index (χ2n) is 6.55. The predicted molar refractivity (Wildman–Crippen MR) is 96.5 cm³/mol. The molecule has 1 aromatic carbocycles. The largest absolute Gasteiger partial charge is 0.328 e. The number of hydrogen-bond acceptors (Lipinski definition) is 5. The number of fused-ring (bicyclic) bond motifs is 1. The molecule has 0 radical (unpaired) electrons. The van der Waals surface area contributed by atoms with Crippen molar-refractivity contribution in [3.8, 4) is 0 Å². The number of carbonyl (C=O) groups excluding carboxylic acids is 1. The van der Waals surface area contributed by atoms with Crippen molar-refractivity contribution in [2.75, 3.05) is 5.32 Å². The van der Waals surface area contributed by atoms with Gasteiger partial charge in [-0.05, 0) is 35.6 Å². The van der Waals surface area contributed by atoms with Crippen molar-refractivity contribution in [1.29, 1.82) is 0 Å². The Labute approximate surface area is 153 Å². The third-order valence-electron chi connectivity index (χ3n) is 4.97. The predicted octanol–water partition coefficient (Wildman–Crippen LogP) is 3.89. The van der Waals surface area contributed by atoms with E-state index in [-0.39, 0.29) is 17.5 Å². The molecule has 3 heterocycles. The number of Topliss-reactive ketones (excluding diaryl/α,β-unsaturated/α-hetero) is 1. The van der Waals surface area contributed by atoms with Gasteiger partial charge >= 0.3 is 0 Å². The number of nitrogens with zero attached hydrogens (tertiary/aromatic N) is 3. The smallest absolute Gasteiger partial charge is 0.226 e. The van der Waals surface area contributed by atoms with Gasteiger partial charge in [0.2, 0.25) is 5.95 Å². The molecule has 3 aromatic rings. The number of halogens is 1. The summed E-state index contributed by atoms with van der Waals surface area (Å²) in [5.41, 5.74) is 2.24. The molecule has 1 aliphatic carbocycles. The normalized spacial score (nSPS) is 22.0. The van der Waals surface area contributed by atoms with Crippen LogP contribution in [-0.2, 0) is 4.79 Å². The third kappa shape index (κ3) is 2.39. The summed E-state index contributed by atoms with van der Waals surface area (Å²) in [4.78, 5) is 18.6. The van der Waals surface area contributed by atoms with Crippen LogP contribution >= 0.6 is 11.3 Å². The number of rotatable bonds is 2. The highest BCUT2D eigenvalue weighted by Gasteiger charge is 2.39. The second-order valence-corrected chi connectivity index (χ2v) is 7.53. The lowest BCUT2D eigenvalue weighted by Gasteiger charge is -2.34. The number of benzene rings is 1. The van der Waals surface area contributed by atoms with Gasteiger partial charge in [-0.2, -0.15) is 10.1 Å². The summed E-state index contributed by atoms with van der Waals surface area (Å²) in [7, 11) is 0. The zero-order valence-corrected chi connectivity index (χ0v) is 14.5. The molecule has 0 unspecified atom stereocenters. The topological polar surface area (TPSA) is 59.8 Å². The second kappa shape index (κ2) is 5.88. The lowest BCUT2D eigenvalue weighted by molar-refractivity contribution is -0.116. The van der Waals surface area contributed by atoms with Gasteiger partial charge in [-0.25, -0.2) is 9.07 Å². The quantitative estimate of drug-likeness (QED) is 0.747. The van der Waals surface area contributed by atoms with E-state index in [1.54, 1.807) is 22.1 Å². The average molecular weight is 366 g/mol. The first-order chi connectivity index (χ1) is 12.7. The minimum absolute atomic E-state index is 0.0764. The van der Waals surface area contributed by atoms with Gasteiger partial charge in [0.05, 0.1) is 0 Å². The van der Waals surface area contributed by atoms with Crippen LogP contribution in [-0.4, -0.2) is 20.5 Å². The molecule has 0 saturated carbocycles. The fourth-order valence-corrected chi connectivity index (χ4v) is 4.69. The molecule has 0 amide bonds. The first kappa shape index (κ1) is 15.5. The van der Waals surface area contributed by atoms with Crippen LogP contribution in [0.15, 0.2) is 59.4 Å². The molecular weight excluding hydrogens is 351 g/mol. The van der Waals surface area contributed by atoms with Crippen molar-refractivity contribution in [2.45, 2.75) is 24.8 Å². The zero-order valence-electron chi connectivity index (χ0n) is 13.7. The van der Waals surface area contributed by atoms with Crippen LogP contribution in [0.3, 0.4) is 0 Å². The Balaban J connectivity index is 1.63. The summed E-state index contributed by atoms with van der Waals surface area (Å²) >= 11 is 1.67. The summed E-state index contributed by atoms with van der Waals surface area (Å²) < 4.78 is 15.5. The van der Waals surface area contributed by atoms with Crippen LogP contribution in [0.1, 0.15) is 35.2 Å². The Bertz CT molecular complexity index is 1020. The number of hydrogen-bond donors (Lipinski definition) is 1. The van der Waals surface area contributed by atoms with Gasteiger partial charge in [0.1, 0.15) is 18.2 Å². The molecule has 2 atom stereocenters. The number of ketones is 1. The van der Waals surface area contributed by atoms with Crippen molar-refractivity contribution >= 4 is 23.1 Å². The maximum atomic E-state index is 13.8. The lowest BCUT2D eigenvalue weighted by atomic mass is 9.80. The molecule has 7 heteroatoms. The summed E-state index contributed by atoms with van der Waals surface area (Å²) in [6, 6.07) is 9.98. The number of nitrogens with one attached hydrogen (secondary N) is 1. The lowest BCUT2D eigenvalue weighted by Crippen LogP contribution is -2.33. The van der Waals surface area contributed by atoms with E-state index < -0.39 is 6.04 Å². The monoisotopic (exact) mass is 366 g/mol. The maximum absolute atomic E-state index is 13.8. The van der Waals surface area contributed by atoms with E-state index in [1.807, 2.05) is 17.5 Å². The van der Waals surface area contributed by atoms with E-state index in [0.717, 1.165) is 12.1 Å². The molecule has 26 heavy (non-hydrogen) atoms. The standard InChI is InChI=1S/C19H15FN4OS/c20-13-4-1-3-11(7-13)18-17-14(23-19-21-10-22-24(18)19)8-12(9-15(17)25)16-5-2-6-26-16/h1-7,10,12,18H,8-9H2,(H,21,22,23)/t12-,18-/m1/s1. The van der Waals surface area contributed by atoms with Crippen LogP contribution in [0, 0.1) is 5.82 Å². The Morgan fingerprint density at radius 3 is 2.96 bits per heavy atom. The Hall–Kier alpha value is -2.80. The van der Waals surface area contributed by atoms with E-state index in [4.69, 9.17) is 0 Å².